The summed E-state index contributed by atoms with van der Waals surface area (Å²) < 4.78 is 22.5. The molecule has 0 saturated heterocycles. The van der Waals surface area contributed by atoms with Gasteiger partial charge < -0.3 is 24.3 Å². The SMILES string of the molecule is COC(OC)C(C)Nc1cc2c(cc1Br)OCCO2. The minimum atomic E-state index is -0.319. The van der Waals surface area contributed by atoms with Crippen LogP contribution in [0.3, 0.4) is 0 Å². The number of nitrogens with one attached hydrogen (secondary N) is 1. The topological polar surface area (TPSA) is 49.0 Å². The van der Waals surface area contributed by atoms with E-state index in [2.05, 4.69) is 21.2 Å². The maximum atomic E-state index is 5.57. The number of halogens is 1. The summed E-state index contributed by atoms with van der Waals surface area (Å²) in [6.45, 7) is 3.14. The van der Waals surface area contributed by atoms with Gasteiger partial charge in [-0.3, -0.25) is 0 Å². The van der Waals surface area contributed by atoms with Crippen LogP contribution in [0.15, 0.2) is 16.6 Å². The van der Waals surface area contributed by atoms with Crippen LogP contribution in [0.1, 0.15) is 6.92 Å². The van der Waals surface area contributed by atoms with Crippen LogP contribution in [0.2, 0.25) is 0 Å². The number of rotatable bonds is 5. The Morgan fingerprint density at radius 2 is 1.74 bits per heavy atom. The van der Waals surface area contributed by atoms with E-state index in [-0.39, 0.29) is 12.3 Å². The number of ether oxygens (including phenoxy) is 4. The van der Waals surface area contributed by atoms with Crippen molar-refractivity contribution in [3.63, 3.8) is 0 Å². The molecule has 1 aromatic rings. The van der Waals surface area contributed by atoms with Crippen LogP contribution in [0.25, 0.3) is 0 Å². The van der Waals surface area contributed by atoms with Gasteiger partial charge in [-0.2, -0.15) is 0 Å². The second kappa shape index (κ2) is 6.45. The maximum Gasteiger partial charge on any atom is 0.176 e. The first-order valence-electron chi connectivity index (χ1n) is 6.07. The Morgan fingerprint density at radius 3 is 2.32 bits per heavy atom. The predicted octanol–water partition coefficient (Wildman–Crippen LogP) is 2.64. The van der Waals surface area contributed by atoms with Gasteiger partial charge in [0.15, 0.2) is 17.8 Å². The van der Waals surface area contributed by atoms with E-state index in [1.165, 1.54) is 0 Å². The molecule has 1 N–H and O–H groups in total. The van der Waals surface area contributed by atoms with Crippen LogP contribution in [0.4, 0.5) is 5.69 Å². The van der Waals surface area contributed by atoms with E-state index in [1.807, 2.05) is 19.1 Å². The summed E-state index contributed by atoms with van der Waals surface area (Å²) in [4.78, 5) is 0. The molecule has 0 bridgehead atoms. The molecule has 5 nitrogen and oxygen atoms in total. The van der Waals surface area contributed by atoms with Crippen molar-refractivity contribution < 1.29 is 18.9 Å². The lowest BCUT2D eigenvalue weighted by Gasteiger charge is -2.25. The highest BCUT2D eigenvalue weighted by atomic mass is 79.9. The van der Waals surface area contributed by atoms with Gasteiger partial charge in [0.25, 0.3) is 0 Å². The second-order valence-electron chi connectivity index (χ2n) is 4.25. The van der Waals surface area contributed by atoms with Crippen molar-refractivity contribution >= 4 is 21.6 Å². The molecule has 19 heavy (non-hydrogen) atoms. The maximum absolute atomic E-state index is 5.57. The van der Waals surface area contributed by atoms with Crippen molar-refractivity contribution in [2.75, 3.05) is 32.8 Å². The van der Waals surface area contributed by atoms with E-state index in [9.17, 15) is 0 Å². The van der Waals surface area contributed by atoms with Gasteiger partial charge in [-0.25, -0.2) is 0 Å². The number of benzene rings is 1. The summed E-state index contributed by atoms with van der Waals surface area (Å²) >= 11 is 3.52. The first kappa shape index (κ1) is 14.4. The molecule has 0 radical (unpaired) electrons. The zero-order valence-electron chi connectivity index (χ0n) is 11.2. The molecule has 106 valence electrons. The summed E-state index contributed by atoms with van der Waals surface area (Å²) in [7, 11) is 3.23. The fourth-order valence-electron chi connectivity index (χ4n) is 1.99. The van der Waals surface area contributed by atoms with Crippen LogP contribution >= 0.6 is 15.9 Å². The third-order valence-electron chi connectivity index (χ3n) is 2.89. The molecular weight excluding hydrogens is 314 g/mol. The van der Waals surface area contributed by atoms with Crippen LogP contribution < -0.4 is 14.8 Å². The zero-order chi connectivity index (χ0) is 13.8. The monoisotopic (exact) mass is 331 g/mol. The number of anilines is 1. The number of fused-ring (bicyclic) bond motifs is 1. The highest BCUT2D eigenvalue weighted by Crippen LogP contribution is 2.38. The van der Waals surface area contributed by atoms with Gasteiger partial charge in [0.1, 0.15) is 13.2 Å². The lowest BCUT2D eigenvalue weighted by atomic mass is 10.2. The van der Waals surface area contributed by atoms with E-state index in [0.29, 0.717) is 13.2 Å². The van der Waals surface area contributed by atoms with Gasteiger partial charge in [0, 0.05) is 30.8 Å². The predicted molar refractivity (Wildman–Crippen MR) is 76.0 cm³/mol. The Morgan fingerprint density at radius 1 is 1.16 bits per heavy atom. The summed E-state index contributed by atoms with van der Waals surface area (Å²) in [5.41, 5.74) is 0.913. The van der Waals surface area contributed by atoms with E-state index in [1.54, 1.807) is 14.2 Å². The molecule has 1 aromatic carbocycles. The Bertz CT molecular complexity index is 437. The number of hydrogen-bond donors (Lipinski definition) is 1. The molecule has 0 spiro atoms. The van der Waals surface area contributed by atoms with Crippen LogP contribution in [-0.2, 0) is 9.47 Å². The molecule has 0 saturated carbocycles. The third-order valence-corrected chi connectivity index (χ3v) is 3.54. The molecule has 2 rings (SSSR count). The van der Waals surface area contributed by atoms with Crippen molar-refractivity contribution in [2.24, 2.45) is 0 Å². The normalized spacial score (nSPS) is 15.4. The van der Waals surface area contributed by atoms with Crippen LogP contribution in [-0.4, -0.2) is 39.8 Å². The Labute approximate surface area is 121 Å². The summed E-state index contributed by atoms with van der Waals surface area (Å²) in [5, 5.41) is 3.33. The van der Waals surface area contributed by atoms with Gasteiger partial charge in [0.05, 0.1) is 11.7 Å². The van der Waals surface area contributed by atoms with Gasteiger partial charge in [-0.15, -0.1) is 0 Å². The molecule has 1 aliphatic heterocycles. The van der Waals surface area contributed by atoms with Crippen molar-refractivity contribution in [1.82, 2.24) is 0 Å². The average Bonchev–Trinajstić information content (AvgIpc) is 2.41. The molecule has 1 atom stereocenters. The highest BCUT2D eigenvalue weighted by Gasteiger charge is 2.19. The van der Waals surface area contributed by atoms with E-state index in [0.717, 1.165) is 21.7 Å². The van der Waals surface area contributed by atoms with Gasteiger partial charge in [0.2, 0.25) is 0 Å². The van der Waals surface area contributed by atoms with Crippen molar-refractivity contribution in [3.8, 4) is 11.5 Å². The molecule has 1 aliphatic rings. The van der Waals surface area contributed by atoms with Crippen molar-refractivity contribution in [3.05, 3.63) is 16.6 Å². The second-order valence-corrected chi connectivity index (χ2v) is 5.10. The Hall–Kier alpha value is -0.980. The first-order valence-corrected chi connectivity index (χ1v) is 6.86. The molecule has 0 amide bonds. The van der Waals surface area contributed by atoms with Crippen LogP contribution in [0.5, 0.6) is 11.5 Å². The van der Waals surface area contributed by atoms with Crippen LogP contribution in [0, 0.1) is 0 Å². The smallest absolute Gasteiger partial charge is 0.176 e. The molecule has 0 aliphatic carbocycles. The lowest BCUT2D eigenvalue weighted by molar-refractivity contribution is -0.109. The summed E-state index contributed by atoms with van der Waals surface area (Å²) in [6.07, 6.45) is -0.319. The zero-order valence-corrected chi connectivity index (χ0v) is 12.8. The van der Waals surface area contributed by atoms with Crippen molar-refractivity contribution in [2.45, 2.75) is 19.3 Å². The van der Waals surface area contributed by atoms with Gasteiger partial charge >= 0.3 is 0 Å². The Balaban J connectivity index is 2.16. The largest absolute Gasteiger partial charge is 0.486 e. The molecule has 0 fully saturated rings. The van der Waals surface area contributed by atoms with Crippen molar-refractivity contribution in [1.29, 1.82) is 0 Å². The average molecular weight is 332 g/mol. The van der Waals surface area contributed by atoms with E-state index < -0.39 is 0 Å². The third kappa shape index (κ3) is 3.32. The highest BCUT2D eigenvalue weighted by molar-refractivity contribution is 9.10. The van der Waals surface area contributed by atoms with Gasteiger partial charge in [-0.05, 0) is 22.9 Å². The minimum Gasteiger partial charge on any atom is -0.486 e. The first-order chi connectivity index (χ1) is 9.15. The standard InChI is InChI=1S/C13H18BrNO4/c1-8(13(16-2)17-3)15-10-7-12-11(6-9(10)14)18-4-5-19-12/h6-8,13,15H,4-5H2,1-3H3. The fourth-order valence-corrected chi connectivity index (χ4v) is 2.43. The number of methoxy groups -OCH3 is 2. The van der Waals surface area contributed by atoms with E-state index in [4.69, 9.17) is 18.9 Å². The van der Waals surface area contributed by atoms with Gasteiger partial charge in [-0.1, -0.05) is 0 Å². The fraction of sp³-hybridized carbons (Fsp3) is 0.538. The summed E-state index contributed by atoms with van der Waals surface area (Å²) in [6, 6.07) is 3.81. The quantitative estimate of drug-likeness (QED) is 0.840. The Kier molecular flexibility index (Phi) is 4.90. The minimum absolute atomic E-state index is 0.00569. The van der Waals surface area contributed by atoms with E-state index >= 15 is 0 Å². The molecule has 6 heteroatoms. The number of hydrogen-bond acceptors (Lipinski definition) is 5. The lowest BCUT2D eigenvalue weighted by Crippen LogP contribution is -2.33. The molecule has 1 unspecified atom stereocenters. The molecule has 0 aromatic heterocycles. The molecular formula is C13H18BrNO4. The summed E-state index contributed by atoms with van der Waals surface area (Å²) in [5.74, 6) is 1.50. The molecule has 1 heterocycles.